The highest BCUT2D eigenvalue weighted by atomic mass is 16.6. The van der Waals surface area contributed by atoms with Crippen LogP contribution < -0.4 is 5.32 Å². The molecular weight excluding hydrogens is 266 g/mol. The fourth-order valence-corrected chi connectivity index (χ4v) is 2.65. The van der Waals surface area contributed by atoms with Gasteiger partial charge in [0.2, 0.25) is 0 Å². The van der Waals surface area contributed by atoms with E-state index < -0.39 is 5.60 Å². The minimum atomic E-state index is -0.408. The molecular formula is C16H29N3O2. The van der Waals surface area contributed by atoms with Crippen molar-refractivity contribution < 1.29 is 9.53 Å². The molecule has 0 aromatic rings. The fraction of sp³-hybridized carbons (Fsp3) is 0.875. The summed E-state index contributed by atoms with van der Waals surface area (Å²) >= 11 is 0. The third-order valence-electron chi connectivity index (χ3n) is 3.97. The number of nitrogens with one attached hydrogen (secondary N) is 1. The van der Waals surface area contributed by atoms with Crippen LogP contribution in [0.2, 0.25) is 0 Å². The highest BCUT2D eigenvalue weighted by molar-refractivity contribution is 5.82. The Bertz CT molecular complexity index is 397. The fourth-order valence-electron chi connectivity index (χ4n) is 2.65. The molecule has 5 nitrogen and oxygen atoms in total. The van der Waals surface area contributed by atoms with Gasteiger partial charge >= 0.3 is 5.97 Å². The van der Waals surface area contributed by atoms with E-state index >= 15 is 0 Å². The average molecular weight is 295 g/mol. The second-order valence-electron chi connectivity index (χ2n) is 7.04. The van der Waals surface area contributed by atoms with Crippen molar-refractivity contribution in [3.8, 4) is 0 Å². The van der Waals surface area contributed by atoms with E-state index in [0.717, 1.165) is 25.5 Å². The highest BCUT2D eigenvalue weighted by Gasteiger charge is 2.34. The van der Waals surface area contributed by atoms with Crippen LogP contribution >= 0.6 is 0 Å². The molecule has 1 heterocycles. The molecule has 1 atom stereocenters. The van der Waals surface area contributed by atoms with Gasteiger partial charge < -0.3 is 15.0 Å². The molecule has 2 rings (SSSR count). The van der Waals surface area contributed by atoms with E-state index in [9.17, 15) is 4.79 Å². The molecule has 1 saturated heterocycles. The molecule has 1 N–H and O–H groups in total. The number of aliphatic imine (C=N–C) groups is 1. The summed E-state index contributed by atoms with van der Waals surface area (Å²) in [4.78, 5) is 18.9. The number of esters is 1. The smallest absolute Gasteiger partial charge is 0.311 e. The van der Waals surface area contributed by atoms with Gasteiger partial charge in [-0.3, -0.25) is 9.79 Å². The molecule has 1 saturated carbocycles. The lowest BCUT2D eigenvalue weighted by atomic mass is 9.93. The van der Waals surface area contributed by atoms with Crippen LogP contribution in [0.4, 0.5) is 0 Å². The van der Waals surface area contributed by atoms with E-state index in [1.807, 2.05) is 27.7 Å². The van der Waals surface area contributed by atoms with Crippen molar-refractivity contribution in [1.29, 1.82) is 0 Å². The van der Waals surface area contributed by atoms with Crippen LogP contribution in [-0.4, -0.2) is 48.1 Å². The molecule has 1 unspecified atom stereocenters. The third kappa shape index (κ3) is 4.61. The second kappa shape index (κ2) is 6.67. The van der Waals surface area contributed by atoms with Crippen molar-refractivity contribution in [2.24, 2.45) is 10.9 Å². The van der Waals surface area contributed by atoms with Crippen LogP contribution in [0.3, 0.4) is 0 Å². The Hall–Kier alpha value is -1.26. The Labute approximate surface area is 128 Å². The summed E-state index contributed by atoms with van der Waals surface area (Å²) in [6.45, 7) is 10.2. The van der Waals surface area contributed by atoms with Gasteiger partial charge in [0.05, 0.1) is 5.92 Å². The van der Waals surface area contributed by atoms with Gasteiger partial charge in [0.1, 0.15) is 5.60 Å². The van der Waals surface area contributed by atoms with Crippen molar-refractivity contribution >= 4 is 11.9 Å². The van der Waals surface area contributed by atoms with Gasteiger partial charge in [0, 0.05) is 25.7 Å². The Kier molecular flexibility index (Phi) is 5.12. The molecule has 0 aromatic carbocycles. The summed E-state index contributed by atoms with van der Waals surface area (Å²) in [5.41, 5.74) is -0.408. The summed E-state index contributed by atoms with van der Waals surface area (Å²) in [5, 5.41) is 3.53. The number of likely N-dealkylation sites (tertiary alicyclic amines) is 1. The quantitative estimate of drug-likeness (QED) is 0.492. The van der Waals surface area contributed by atoms with Crippen molar-refractivity contribution in [1.82, 2.24) is 10.2 Å². The number of nitrogens with zero attached hydrogens (tertiary/aromatic N) is 2. The minimum absolute atomic E-state index is 0.0329. The average Bonchev–Trinajstić information content (AvgIpc) is 2.79. The van der Waals surface area contributed by atoms with Crippen LogP contribution in [0.5, 0.6) is 0 Å². The molecule has 2 fully saturated rings. The van der Waals surface area contributed by atoms with E-state index in [2.05, 4.69) is 15.2 Å². The van der Waals surface area contributed by atoms with Crippen LogP contribution in [0.25, 0.3) is 0 Å². The SMILES string of the molecule is CCN=C(NC1CCC1)N1CCC(C(=O)OC(C)(C)C)C1. The third-order valence-corrected chi connectivity index (χ3v) is 3.97. The molecule has 5 heteroatoms. The summed E-state index contributed by atoms with van der Waals surface area (Å²) < 4.78 is 5.50. The molecule has 0 aromatic heterocycles. The van der Waals surface area contributed by atoms with Crippen LogP contribution in [0.1, 0.15) is 53.4 Å². The summed E-state index contributed by atoms with van der Waals surface area (Å²) in [5.74, 6) is 0.854. The number of carbonyl (C=O) groups excluding carboxylic acids is 1. The van der Waals surface area contributed by atoms with Gasteiger partial charge in [0.15, 0.2) is 5.96 Å². The summed E-state index contributed by atoms with van der Waals surface area (Å²) in [7, 11) is 0. The molecule has 0 spiro atoms. The Morgan fingerprint density at radius 3 is 2.57 bits per heavy atom. The minimum Gasteiger partial charge on any atom is -0.460 e. The zero-order chi connectivity index (χ0) is 15.5. The Morgan fingerprint density at radius 1 is 1.33 bits per heavy atom. The highest BCUT2D eigenvalue weighted by Crippen LogP contribution is 2.23. The van der Waals surface area contributed by atoms with Crippen LogP contribution in [0, 0.1) is 5.92 Å². The molecule has 0 bridgehead atoms. The Balaban J connectivity index is 1.89. The zero-order valence-corrected chi connectivity index (χ0v) is 13.8. The monoisotopic (exact) mass is 295 g/mol. The molecule has 0 radical (unpaired) electrons. The lowest BCUT2D eigenvalue weighted by Gasteiger charge is -2.31. The zero-order valence-electron chi connectivity index (χ0n) is 13.8. The maximum absolute atomic E-state index is 12.2. The number of guanidine groups is 1. The first kappa shape index (κ1) is 16.1. The van der Waals surface area contributed by atoms with Gasteiger partial charge in [0.25, 0.3) is 0 Å². The first-order valence-corrected chi connectivity index (χ1v) is 8.18. The topological polar surface area (TPSA) is 53.9 Å². The first-order valence-electron chi connectivity index (χ1n) is 8.18. The van der Waals surface area contributed by atoms with E-state index in [0.29, 0.717) is 12.6 Å². The van der Waals surface area contributed by atoms with E-state index in [-0.39, 0.29) is 11.9 Å². The lowest BCUT2D eigenvalue weighted by Crippen LogP contribution is -2.48. The number of ether oxygens (including phenoxy) is 1. The normalized spacial score (nSPS) is 23.9. The lowest BCUT2D eigenvalue weighted by molar-refractivity contribution is -0.159. The largest absolute Gasteiger partial charge is 0.460 e. The summed E-state index contributed by atoms with van der Waals surface area (Å²) in [6, 6.07) is 0.566. The van der Waals surface area contributed by atoms with Gasteiger partial charge in [-0.05, 0) is 53.4 Å². The maximum atomic E-state index is 12.2. The number of carbonyl (C=O) groups is 1. The molecule has 1 aliphatic heterocycles. The van der Waals surface area contributed by atoms with Crippen molar-refractivity contribution in [3.63, 3.8) is 0 Å². The number of hydrogen-bond acceptors (Lipinski definition) is 3. The second-order valence-corrected chi connectivity index (χ2v) is 7.04. The van der Waals surface area contributed by atoms with Crippen molar-refractivity contribution in [2.75, 3.05) is 19.6 Å². The summed E-state index contributed by atoms with van der Waals surface area (Å²) in [6.07, 6.45) is 4.61. The number of rotatable bonds is 3. The first-order chi connectivity index (χ1) is 9.89. The predicted octanol–water partition coefficient (Wildman–Crippen LogP) is 2.17. The van der Waals surface area contributed by atoms with E-state index in [1.54, 1.807) is 0 Å². The molecule has 1 aliphatic carbocycles. The molecule has 0 amide bonds. The number of hydrogen-bond donors (Lipinski definition) is 1. The van der Waals surface area contributed by atoms with Gasteiger partial charge in [-0.2, -0.15) is 0 Å². The maximum Gasteiger partial charge on any atom is 0.311 e. The van der Waals surface area contributed by atoms with E-state index in [1.165, 1.54) is 19.3 Å². The van der Waals surface area contributed by atoms with Gasteiger partial charge in [-0.1, -0.05) is 0 Å². The molecule has 21 heavy (non-hydrogen) atoms. The molecule has 2 aliphatic rings. The van der Waals surface area contributed by atoms with Gasteiger partial charge in [-0.15, -0.1) is 0 Å². The van der Waals surface area contributed by atoms with Crippen molar-refractivity contribution in [2.45, 2.75) is 65.0 Å². The van der Waals surface area contributed by atoms with E-state index in [4.69, 9.17) is 4.74 Å². The molecule has 120 valence electrons. The van der Waals surface area contributed by atoms with Crippen LogP contribution in [-0.2, 0) is 9.53 Å². The predicted molar refractivity (Wildman–Crippen MR) is 84.3 cm³/mol. The standard InChI is InChI=1S/C16H29N3O2/c1-5-17-15(18-13-7-6-8-13)19-10-9-12(11-19)14(20)21-16(2,3)4/h12-13H,5-11H2,1-4H3,(H,17,18). The van der Waals surface area contributed by atoms with Crippen LogP contribution in [0.15, 0.2) is 4.99 Å². The Morgan fingerprint density at radius 2 is 2.05 bits per heavy atom. The van der Waals surface area contributed by atoms with Crippen molar-refractivity contribution in [3.05, 3.63) is 0 Å². The van der Waals surface area contributed by atoms with Gasteiger partial charge in [-0.25, -0.2) is 0 Å².